The minimum absolute atomic E-state index is 0.0152. The van der Waals surface area contributed by atoms with Gasteiger partial charge in [0.2, 0.25) is 5.91 Å². The summed E-state index contributed by atoms with van der Waals surface area (Å²) < 4.78 is 13.8. The van der Waals surface area contributed by atoms with Crippen LogP contribution in [0.15, 0.2) is 42.6 Å². The van der Waals surface area contributed by atoms with Crippen molar-refractivity contribution in [3.63, 3.8) is 0 Å². The quantitative estimate of drug-likeness (QED) is 0.763. The topological polar surface area (TPSA) is 36.4 Å². The molecule has 0 radical (unpaired) electrons. The Balaban J connectivity index is 1.39. The van der Waals surface area contributed by atoms with Gasteiger partial charge < -0.3 is 4.90 Å². The molecule has 29 heavy (non-hydrogen) atoms. The molecule has 1 aromatic carbocycles. The maximum absolute atomic E-state index is 13.8. The van der Waals surface area contributed by atoms with Gasteiger partial charge in [0, 0.05) is 36.5 Å². The van der Waals surface area contributed by atoms with Crippen LogP contribution < -0.4 is 4.90 Å². The number of amides is 1. The molecule has 1 aliphatic heterocycles. The number of nitrogens with zero attached hydrogens (tertiary/aromatic N) is 3. The molecular formula is C24H30FN3O. The van der Waals surface area contributed by atoms with Crippen LogP contribution in [0.2, 0.25) is 0 Å². The van der Waals surface area contributed by atoms with E-state index in [0.29, 0.717) is 18.3 Å². The Bertz CT molecular complexity index is 875. The smallest absolute Gasteiger partial charge is 0.230 e. The predicted molar refractivity (Wildman–Crippen MR) is 113 cm³/mol. The third kappa shape index (κ3) is 4.06. The lowest BCUT2D eigenvalue weighted by Crippen LogP contribution is -2.42. The highest BCUT2D eigenvalue weighted by Crippen LogP contribution is 2.41. The van der Waals surface area contributed by atoms with Crippen LogP contribution in [0.1, 0.15) is 50.8 Å². The fourth-order valence-corrected chi connectivity index (χ4v) is 4.89. The molecule has 0 spiro atoms. The molecule has 154 valence electrons. The number of carbonyl (C=O) groups is 1. The Morgan fingerprint density at radius 2 is 1.90 bits per heavy atom. The van der Waals surface area contributed by atoms with E-state index in [1.165, 1.54) is 17.8 Å². The van der Waals surface area contributed by atoms with Crippen LogP contribution in [0.25, 0.3) is 0 Å². The maximum atomic E-state index is 13.8. The second-order valence-electron chi connectivity index (χ2n) is 9.24. The lowest BCUT2D eigenvalue weighted by Gasteiger charge is -2.35. The molecular weight excluding hydrogens is 365 g/mol. The van der Waals surface area contributed by atoms with Crippen LogP contribution in [-0.2, 0) is 16.8 Å². The Labute approximate surface area is 172 Å². The first-order chi connectivity index (χ1) is 13.8. The average Bonchev–Trinajstić information content (AvgIpc) is 2.98. The lowest BCUT2D eigenvalue weighted by atomic mass is 9.84. The standard InChI is InChI=1S/C24H30FN3O/c1-24(2)16-28(21-13-19(25)14-26-22(21)24)23(29)18-9-11-20(12-10-18)27(3)15-17-7-5-4-6-8-17/h4-8,13-14,18,20H,9-12,15-16H2,1-3H3. The third-order valence-electron chi connectivity index (χ3n) is 6.53. The van der Waals surface area contributed by atoms with Gasteiger partial charge in [0.25, 0.3) is 0 Å². The summed E-state index contributed by atoms with van der Waals surface area (Å²) in [6.07, 6.45) is 5.06. The van der Waals surface area contributed by atoms with E-state index in [4.69, 9.17) is 0 Å². The van der Waals surface area contributed by atoms with Crippen LogP contribution >= 0.6 is 0 Å². The molecule has 0 bridgehead atoms. The van der Waals surface area contributed by atoms with Crippen molar-refractivity contribution in [2.75, 3.05) is 18.5 Å². The number of hydrogen-bond acceptors (Lipinski definition) is 3. The molecule has 0 unspecified atom stereocenters. The van der Waals surface area contributed by atoms with Gasteiger partial charge in [-0.1, -0.05) is 44.2 Å². The van der Waals surface area contributed by atoms with Crippen LogP contribution in [0.4, 0.5) is 10.1 Å². The Morgan fingerprint density at radius 3 is 2.59 bits per heavy atom. The first-order valence-electron chi connectivity index (χ1n) is 10.6. The number of hydrogen-bond donors (Lipinski definition) is 0. The maximum Gasteiger partial charge on any atom is 0.230 e. The summed E-state index contributed by atoms with van der Waals surface area (Å²) in [5.41, 5.74) is 2.55. The van der Waals surface area contributed by atoms with E-state index in [1.807, 2.05) is 6.07 Å². The van der Waals surface area contributed by atoms with Gasteiger partial charge in [-0.3, -0.25) is 14.7 Å². The zero-order valence-electron chi connectivity index (χ0n) is 17.6. The predicted octanol–water partition coefficient (Wildman–Crippen LogP) is 4.54. The second kappa shape index (κ2) is 7.86. The average molecular weight is 396 g/mol. The summed E-state index contributed by atoms with van der Waals surface area (Å²) in [5.74, 6) is -0.236. The Morgan fingerprint density at radius 1 is 1.21 bits per heavy atom. The number of fused-ring (bicyclic) bond motifs is 1. The summed E-state index contributed by atoms with van der Waals surface area (Å²) in [4.78, 5) is 21.8. The highest BCUT2D eigenvalue weighted by molar-refractivity contribution is 5.97. The number of halogens is 1. The highest BCUT2D eigenvalue weighted by atomic mass is 19.1. The first-order valence-corrected chi connectivity index (χ1v) is 10.6. The van der Waals surface area contributed by atoms with Crippen molar-refractivity contribution in [2.24, 2.45) is 5.92 Å². The summed E-state index contributed by atoms with van der Waals surface area (Å²) >= 11 is 0. The van der Waals surface area contributed by atoms with Gasteiger partial charge in [0.15, 0.2) is 0 Å². The van der Waals surface area contributed by atoms with Gasteiger partial charge in [0.05, 0.1) is 17.6 Å². The molecule has 1 fully saturated rings. The van der Waals surface area contributed by atoms with Crippen molar-refractivity contribution in [1.82, 2.24) is 9.88 Å². The van der Waals surface area contributed by atoms with Gasteiger partial charge in [-0.2, -0.15) is 0 Å². The molecule has 1 amide bonds. The van der Waals surface area contributed by atoms with E-state index in [9.17, 15) is 9.18 Å². The van der Waals surface area contributed by atoms with Gasteiger partial charge in [-0.15, -0.1) is 0 Å². The van der Waals surface area contributed by atoms with E-state index in [0.717, 1.165) is 37.9 Å². The van der Waals surface area contributed by atoms with Crippen molar-refractivity contribution < 1.29 is 9.18 Å². The van der Waals surface area contributed by atoms with Crippen molar-refractivity contribution >= 4 is 11.6 Å². The molecule has 0 N–H and O–H groups in total. The fraction of sp³-hybridized carbons (Fsp3) is 0.500. The molecule has 4 nitrogen and oxygen atoms in total. The second-order valence-corrected chi connectivity index (χ2v) is 9.24. The SMILES string of the molecule is CN(Cc1ccccc1)C1CCC(C(=O)N2CC(C)(C)c3ncc(F)cc32)CC1. The molecule has 1 aliphatic carbocycles. The minimum Gasteiger partial charge on any atom is -0.309 e. The zero-order chi connectivity index (χ0) is 20.6. The minimum atomic E-state index is -0.384. The molecule has 2 aromatic rings. The van der Waals surface area contributed by atoms with Gasteiger partial charge >= 0.3 is 0 Å². The number of carbonyl (C=O) groups excluding carboxylic acids is 1. The van der Waals surface area contributed by atoms with E-state index in [2.05, 4.69) is 55.0 Å². The van der Waals surface area contributed by atoms with Crippen molar-refractivity contribution in [1.29, 1.82) is 0 Å². The number of benzene rings is 1. The summed E-state index contributed by atoms with van der Waals surface area (Å²) in [6, 6.07) is 12.5. The first kappa shape index (κ1) is 20.0. The molecule has 2 aliphatic rings. The molecule has 1 aromatic heterocycles. The third-order valence-corrected chi connectivity index (χ3v) is 6.53. The Kier molecular flexibility index (Phi) is 5.43. The van der Waals surface area contributed by atoms with E-state index < -0.39 is 0 Å². The van der Waals surface area contributed by atoms with Crippen molar-refractivity contribution in [3.8, 4) is 0 Å². The molecule has 0 atom stereocenters. The monoisotopic (exact) mass is 395 g/mol. The van der Waals surface area contributed by atoms with E-state index in [-0.39, 0.29) is 23.1 Å². The van der Waals surface area contributed by atoms with Crippen LogP contribution in [0, 0.1) is 11.7 Å². The van der Waals surface area contributed by atoms with E-state index in [1.54, 1.807) is 4.90 Å². The Hall–Kier alpha value is -2.27. The summed E-state index contributed by atoms with van der Waals surface area (Å²) in [5, 5.41) is 0. The normalized spacial score (nSPS) is 23.3. The van der Waals surface area contributed by atoms with Crippen molar-refractivity contribution in [2.45, 2.75) is 57.5 Å². The molecule has 0 saturated heterocycles. The van der Waals surface area contributed by atoms with Gasteiger partial charge in [0.1, 0.15) is 5.82 Å². The van der Waals surface area contributed by atoms with Crippen molar-refractivity contribution in [3.05, 3.63) is 59.7 Å². The number of anilines is 1. The number of rotatable bonds is 4. The van der Waals surface area contributed by atoms with Crippen LogP contribution in [-0.4, -0.2) is 35.4 Å². The molecule has 4 rings (SSSR count). The van der Waals surface area contributed by atoms with Gasteiger partial charge in [-0.25, -0.2) is 4.39 Å². The highest BCUT2D eigenvalue weighted by Gasteiger charge is 2.42. The molecule has 5 heteroatoms. The largest absolute Gasteiger partial charge is 0.309 e. The summed E-state index contributed by atoms with van der Waals surface area (Å²) in [6.45, 7) is 5.65. The van der Waals surface area contributed by atoms with Crippen LogP contribution in [0.5, 0.6) is 0 Å². The molecule has 1 saturated carbocycles. The number of aromatic nitrogens is 1. The molecule has 2 heterocycles. The van der Waals surface area contributed by atoms with E-state index >= 15 is 0 Å². The lowest BCUT2D eigenvalue weighted by molar-refractivity contribution is -0.123. The zero-order valence-corrected chi connectivity index (χ0v) is 17.6. The van der Waals surface area contributed by atoms with Crippen LogP contribution in [0.3, 0.4) is 0 Å². The summed E-state index contributed by atoms with van der Waals surface area (Å²) in [7, 11) is 2.17. The van der Waals surface area contributed by atoms with Gasteiger partial charge in [-0.05, 0) is 38.3 Å². The fourth-order valence-electron chi connectivity index (χ4n) is 4.89. The number of pyridine rings is 1.